The number of carbonyl (C=O) groups excluding carboxylic acids is 2. The lowest BCUT2D eigenvalue weighted by atomic mass is 10.2. The molecule has 108 valence electrons. The molecule has 0 spiro atoms. The average Bonchev–Trinajstić information content (AvgIpc) is 3.08. The van der Waals surface area contributed by atoms with Crippen LogP contribution in [0.15, 0.2) is 0 Å². The van der Waals surface area contributed by atoms with Gasteiger partial charge < -0.3 is 15.3 Å². The van der Waals surface area contributed by atoms with Crippen LogP contribution in [0.3, 0.4) is 0 Å². The molecule has 1 rings (SSSR count). The standard InChI is InChI=1S/C13H22N2O4/c1-9(2)14-11(16)4-3-5-12(17)15(8-13(18)19)10-6-7-10/h9-10H,3-8H2,1-2H3,(H,14,16)(H,18,19). The van der Waals surface area contributed by atoms with E-state index in [-0.39, 0.29) is 36.9 Å². The maximum atomic E-state index is 11.9. The Balaban J connectivity index is 2.28. The number of carboxylic acids is 1. The van der Waals surface area contributed by atoms with E-state index in [1.807, 2.05) is 13.8 Å². The second kappa shape index (κ2) is 7.11. The molecule has 2 amide bonds. The molecular weight excluding hydrogens is 248 g/mol. The van der Waals surface area contributed by atoms with Crippen LogP contribution < -0.4 is 5.32 Å². The zero-order chi connectivity index (χ0) is 14.4. The molecule has 1 aliphatic rings. The Kier molecular flexibility index (Phi) is 5.79. The molecule has 1 saturated carbocycles. The first-order valence-electron chi connectivity index (χ1n) is 6.70. The summed E-state index contributed by atoms with van der Waals surface area (Å²) in [5.74, 6) is -1.22. The Morgan fingerprint density at radius 3 is 2.37 bits per heavy atom. The van der Waals surface area contributed by atoms with Crippen molar-refractivity contribution in [2.24, 2.45) is 0 Å². The SMILES string of the molecule is CC(C)NC(=O)CCCC(=O)N(CC(=O)O)C1CC1. The fourth-order valence-electron chi connectivity index (χ4n) is 1.89. The van der Waals surface area contributed by atoms with E-state index in [1.54, 1.807) is 0 Å². The van der Waals surface area contributed by atoms with E-state index in [0.717, 1.165) is 12.8 Å². The molecule has 0 unspecified atom stereocenters. The predicted octanol–water partition coefficient (Wildman–Crippen LogP) is 0.757. The summed E-state index contributed by atoms with van der Waals surface area (Å²) >= 11 is 0. The van der Waals surface area contributed by atoms with Gasteiger partial charge in [-0.15, -0.1) is 0 Å². The molecule has 19 heavy (non-hydrogen) atoms. The molecule has 6 nitrogen and oxygen atoms in total. The lowest BCUT2D eigenvalue weighted by molar-refractivity contribution is -0.145. The third kappa shape index (κ3) is 6.22. The molecule has 2 N–H and O–H groups in total. The van der Waals surface area contributed by atoms with E-state index >= 15 is 0 Å². The summed E-state index contributed by atoms with van der Waals surface area (Å²) in [5.41, 5.74) is 0. The minimum atomic E-state index is -0.988. The highest BCUT2D eigenvalue weighted by molar-refractivity contribution is 5.82. The van der Waals surface area contributed by atoms with Crippen molar-refractivity contribution < 1.29 is 19.5 Å². The van der Waals surface area contributed by atoms with Gasteiger partial charge in [-0.3, -0.25) is 14.4 Å². The molecule has 0 bridgehead atoms. The molecular formula is C13H22N2O4. The maximum Gasteiger partial charge on any atom is 0.323 e. The average molecular weight is 270 g/mol. The van der Waals surface area contributed by atoms with Crippen molar-refractivity contribution in [2.45, 2.75) is 58.0 Å². The van der Waals surface area contributed by atoms with Crippen molar-refractivity contribution >= 4 is 17.8 Å². The van der Waals surface area contributed by atoms with Gasteiger partial charge in [0, 0.05) is 24.9 Å². The minimum absolute atomic E-state index is 0.0704. The molecule has 1 aliphatic carbocycles. The van der Waals surface area contributed by atoms with Crippen molar-refractivity contribution in [1.82, 2.24) is 10.2 Å². The molecule has 0 atom stereocenters. The number of nitrogens with zero attached hydrogens (tertiary/aromatic N) is 1. The second-order valence-electron chi connectivity index (χ2n) is 5.22. The van der Waals surface area contributed by atoms with Gasteiger partial charge in [-0.05, 0) is 33.1 Å². The maximum absolute atomic E-state index is 11.9. The summed E-state index contributed by atoms with van der Waals surface area (Å²) < 4.78 is 0. The quantitative estimate of drug-likeness (QED) is 0.681. The molecule has 1 fully saturated rings. The predicted molar refractivity (Wildman–Crippen MR) is 69.5 cm³/mol. The number of carboxylic acid groups (broad SMARTS) is 1. The lowest BCUT2D eigenvalue weighted by Gasteiger charge is -2.20. The van der Waals surface area contributed by atoms with Crippen LogP contribution in [0.1, 0.15) is 46.0 Å². The van der Waals surface area contributed by atoms with E-state index in [2.05, 4.69) is 5.32 Å². The minimum Gasteiger partial charge on any atom is -0.480 e. The van der Waals surface area contributed by atoms with Crippen molar-refractivity contribution in [3.8, 4) is 0 Å². The van der Waals surface area contributed by atoms with E-state index in [4.69, 9.17) is 5.11 Å². The van der Waals surface area contributed by atoms with Gasteiger partial charge in [-0.25, -0.2) is 0 Å². The Labute approximate surface area is 113 Å². The van der Waals surface area contributed by atoms with E-state index < -0.39 is 5.97 Å². The zero-order valence-electron chi connectivity index (χ0n) is 11.5. The van der Waals surface area contributed by atoms with Gasteiger partial charge in [0.05, 0.1) is 0 Å². The van der Waals surface area contributed by atoms with Gasteiger partial charge in [0.1, 0.15) is 6.54 Å². The molecule has 0 aliphatic heterocycles. The van der Waals surface area contributed by atoms with Crippen LogP contribution in [-0.2, 0) is 14.4 Å². The summed E-state index contributed by atoms with van der Waals surface area (Å²) in [6, 6.07) is 0.186. The fourth-order valence-corrected chi connectivity index (χ4v) is 1.89. The number of hydrogen-bond donors (Lipinski definition) is 2. The van der Waals surface area contributed by atoms with E-state index in [1.165, 1.54) is 4.90 Å². The van der Waals surface area contributed by atoms with Gasteiger partial charge in [0.25, 0.3) is 0 Å². The lowest BCUT2D eigenvalue weighted by Crippen LogP contribution is -2.37. The van der Waals surface area contributed by atoms with Crippen molar-refractivity contribution in [2.75, 3.05) is 6.54 Å². The number of nitrogens with one attached hydrogen (secondary N) is 1. The molecule has 6 heteroatoms. The van der Waals surface area contributed by atoms with Gasteiger partial charge >= 0.3 is 5.97 Å². The van der Waals surface area contributed by atoms with Crippen molar-refractivity contribution in [3.05, 3.63) is 0 Å². The van der Waals surface area contributed by atoms with E-state index in [0.29, 0.717) is 12.8 Å². The van der Waals surface area contributed by atoms with Crippen LogP contribution in [-0.4, -0.2) is 46.4 Å². The van der Waals surface area contributed by atoms with Crippen LogP contribution in [0.5, 0.6) is 0 Å². The van der Waals surface area contributed by atoms with Crippen molar-refractivity contribution in [1.29, 1.82) is 0 Å². The third-order valence-electron chi connectivity index (χ3n) is 2.86. The zero-order valence-corrected chi connectivity index (χ0v) is 11.5. The number of carbonyl (C=O) groups is 3. The van der Waals surface area contributed by atoms with Gasteiger partial charge in [-0.2, -0.15) is 0 Å². The monoisotopic (exact) mass is 270 g/mol. The Morgan fingerprint density at radius 2 is 1.89 bits per heavy atom. The summed E-state index contributed by atoms with van der Waals surface area (Å²) in [4.78, 5) is 35.4. The Morgan fingerprint density at radius 1 is 1.26 bits per heavy atom. The van der Waals surface area contributed by atoms with Crippen LogP contribution in [0.2, 0.25) is 0 Å². The van der Waals surface area contributed by atoms with E-state index in [9.17, 15) is 14.4 Å². The molecule has 0 heterocycles. The molecule has 0 radical (unpaired) electrons. The highest BCUT2D eigenvalue weighted by atomic mass is 16.4. The smallest absolute Gasteiger partial charge is 0.323 e. The number of hydrogen-bond acceptors (Lipinski definition) is 3. The Hall–Kier alpha value is -1.59. The first-order chi connectivity index (χ1) is 8.90. The number of amides is 2. The summed E-state index contributed by atoms with van der Waals surface area (Å²) in [6.07, 6.45) is 2.75. The number of aliphatic carboxylic acids is 1. The Bertz CT molecular complexity index is 351. The molecule has 0 aromatic heterocycles. The van der Waals surface area contributed by atoms with Gasteiger partial charge in [-0.1, -0.05) is 0 Å². The van der Waals surface area contributed by atoms with Crippen LogP contribution in [0, 0.1) is 0 Å². The van der Waals surface area contributed by atoms with Gasteiger partial charge in [0.15, 0.2) is 0 Å². The summed E-state index contributed by atoms with van der Waals surface area (Å²) in [5, 5.41) is 11.5. The first-order valence-corrected chi connectivity index (χ1v) is 6.70. The second-order valence-corrected chi connectivity index (χ2v) is 5.22. The highest BCUT2D eigenvalue weighted by Crippen LogP contribution is 2.27. The van der Waals surface area contributed by atoms with Crippen LogP contribution in [0.4, 0.5) is 0 Å². The van der Waals surface area contributed by atoms with Crippen LogP contribution in [0.25, 0.3) is 0 Å². The molecule has 0 aromatic carbocycles. The highest BCUT2D eigenvalue weighted by Gasteiger charge is 2.33. The normalized spacial score (nSPS) is 14.3. The summed E-state index contributed by atoms with van der Waals surface area (Å²) in [7, 11) is 0. The fraction of sp³-hybridized carbons (Fsp3) is 0.769. The van der Waals surface area contributed by atoms with Crippen LogP contribution >= 0.6 is 0 Å². The molecule has 0 aromatic rings. The summed E-state index contributed by atoms with van der Waals surface area (Å²) in [6.45, 7) is 3.52. The molecule has 0 saturated heterocycles. The third-order valence-corrected chi connectivity index (χ3v) is 2.86. The largest absolute Gasteiger partial charge is 0.480 e. The first kappa shape index (κ1) is 15.5. The topological polar surface area (TPSA) is 86.7 Å². The van der Waals surface area contributed by atoms with Gasteiger partial charge in [0.2, 0.25) is 11.8 Å². The number of rotatable bonds is 8. The van der Waals surface area contributed by atoms with Crippen molar-refractivity contribution in [3.63, 3.8) is 0 Å².